The molecule has 0 saturated carbocycles. The lowest BCUT2D eigenvalue weighted by molar-refractivity contribution is 0.0697. The average Bonchev–Trinajstić information content (AvgIpc) is 2.93. The van der Waals surface area contributed by atoms with E-state index in [1.807, 2.05) is 0 Å². The number of anilines is 1. The molecule has 8 nitrogen and oxygen atoms in total. The van der Waals surface area contributed by atoms with Crippen LogP contribution >= 0.6 is 0 Å². The van der Waals surface area contributed by atoms with Crippen LogP contribution < -0.4 is 5.32 Å². The molecule has 2 amide bonds. The molecule has 0 saturated heterocycles. The summed E-state index contributed by atoms with van der Waals surface area (Å²) in [5.41, 5.74) is -0.310. The Balaban J connectivity index is 2.10. The van der Waals surface area contributed by atoms with Crippen molar-refractivity contribution in [1.29, 1.82) is 0 Å². The Kier molecular flexibility index (Phi) is 4.12. The number of amides is 2. The number of nitrogens with zero attached hydrogens (tertiary/aromatic N) is 3. The predicted octanol–water partition coefficient (Wildman–Crippen LogP) is 1.31. The molecule has 0 atom stereocenters. The molecule has 3 N–H and O–H groups in total. The summed E-state index contributed by atoms with van der Waals surface area (Å²) in [5, 5.41) is 17.7. The van der Waals surface area contributed by atoms with Crippen LogP contribution in [-0.2, 0) is 6.54 Å². The highest BCUT2D eigenvalue weighted by Gasteiger charge is 2.16. The zero-order valence-corrected chi connectivity index (χ0v) is 11.0. The second-order valence-corrected chi connectivity index (χ2v) is 4.21. The minimum Gasteiger partial charge on any atom is -0.478 e. The largest absolute Gasteiger partial charge is 0.478 e. The maximum absolute atomic E-state index is 13.0. The number of aromatic amines is 1. The van der Waals surface area contributed by atoms with Crippen molar-refractivity contribution in [2.75, 3.05) is 12.4 Å². The van der Waals surface area contributed by atoms with Gasteiger partial charge in [-0.15, -0.1) is 0 Å². The maximum atomic E-state index is 13.0. The Labute approximate surface area is 118 Å². The van der Waals surface area contributed by atoms with Crippen LogP contribution in [0.4, 0.5) is 14.9 Å². The van der Waals surface area contributed by atoms with Crippen LogP contribution in [0.25, 0.3) is 0 Å². The summed E-state index contributed by atoms with van der Waals surface area (Å²) in [6.07, 6.45) is 1.31. The van der Waals surface area contributed by atoms with E-state index in [4.69, 9.17) is 5.11 Å². The fourth-order valence-electron chi connectivity index (χ4n) is 1.62. The lowest BCUT2D eigenvalue weighted by Gasteiger charge is -2.17. The number of H-pyrrole nitrogens is 1. The third kappa shape index (κ3) is 3.53. The Morgan fingerprint density at radius 2 is 2.24 bits per heavy atom. The minimum atomic E-state index is -1.33. The van der Waals surface area contributed by atoms with Gasteiger partial charge in [-0.2, -0.15) is 5.10 Å². The van der Waals surface area contributed by atoms with Gasteiger partial charge >= 0.3 is 12.0 Å². The highest BCUT2D eigenvalue weighted by molar-refractivity contribution is 5.99. The van der Waals surface area contributed by atoms with Crippen molar-refractivity contribution in [1.82, 2.24) is 20.1 Å². The fraction of sp³-hybridized carbons (Fsp3) is 0.167. The molecule has 9 heteroatoms. The van der Waals surface area contributed by atoms with E-state index >= 15 is 0 Å². The summed E-state index contributed by atoms with van der Waals surface area (Å²) >= 11 is 0. The van der Waals surface area contributed by atoms with Crippen LogP contribution in [0, 0.1) is 5.82 Å². The Morgan fingerprint density at radius 3 is 2.86 bits per heavy atom. The number of carboxylic acid groups (broad SMARTS) is 1. The first kappa shape index (κ1) is 14.4. The smallest absolute Gasteiger partial charge is 0.337 e. The van der Waals surface area contributed by atoms with Crippen LogP contribution in [0.2, 0.25) is 0 Å². The first-order valence-corrected chi connectivity index (χ1v) is 5.86. The standard InChI is InChI=1S/C12H12FN5O3/c1-18(5-10-14-6-15-17-10)12(21)16-9-3-2-7(13)4-8(9)11(19)20/h2-4,6H,5H2,1H3,(H,16,21)(H,19,20)(H,14,15,17). The van der Waals surface area contributed by atoms with E-state index in [1.165, 1.54) is 24.3 Å². The Morgan fingerprint density at radius 1 is 1.48 bits per heavy atom. The summed E-state index contributed by atoms with van der Waals surface area (Å²) in [5.74, 6) is -1.55. The summed E-state index contributed by atoms with van der Waals surface area (Å²) < 4.78 is 13.0. The number of carbonyl (C=O) groups is 2. The third-order valence-electron chi connectivity index (χ3n) is 2.65. The molecule has 0 spiro atoms. The SMILES string of the molecule is CN(Cc1ncn[nH]1)C(=O)Nc1ccc(F)cc1C(=O)O. The molecular formula is C12H12FN5O3. The summed E-state index contributed by atoms with van der Waals surface area (Å²) in [7, 11) is 1.50. The molecule has 2 rings (SSSR count). The monoisotopic (exact) mass is 293 g/mol. The van der Waals surface area contributed by atoms with Gasteiger partial charge in [-0.1, -0.05) is 0 Å². The molecule has 2 aromatic rings. The van der Waals surface area contributed by atoms with Crippen molar-refractivity contribution in [2.24, 2.45) is 0 Å². The van der Waals surface area contributed by atoms with Crippen LogP contribution in [0.1, 0.15) is 16.2 Å². The van der Waals surface area contributed by atoms with Gasteiger partial charge in [-0.25, -0.2) is 19.0 Å². The second kappa shape index (κ2) is 5.99. The molecule has 110 valence electrons. The van der Waals surface area contributed by atoms with Gasteiger partial charge in [0.15, 0.2) is 0 Å². The summed E-state index contributed by atoms with van der Waals surface area (Å²) in [6.45, 7) is 0.162. The molecule has 1 aromatic carbocycles. The minimum absolute atomic E-state index is 0.0123. The van der Waals surface area contributed by atoms with Gasteiger partial charge in [-0.05, 0) is 18.2 Å². The lowest BCUT2D eigenvalue weighted by atomic mass is 10.1. The van der Waals surface area contributed by atoms with Crippen molar-refractivity contribution in [2.45, 2.75) is 6.54 Å². The Hall–Kier alpha value is -2.97. The second-order valence-electron chi connectivity index (χ2n) is 4.21. The normalized spacial score (nSPS) is 10.2. The number of nitrogens with one attached hydrogen (secondary N) is 2. The molecule has 0 bridgehead atoms. The quantitative estimate of drug-likeness (QED) is 0.787. The van der Waals surface area contributed by atoms with Gasteiger partial charge in [-0.3, -0.25) is 5.10 Å². The van der Waals surface area contributed by atoms with Crippen LogP contribution in [-0.4, -0.2) is 44.2 Å². The van der Waals surface area contributed by atoms with Gasteiger partial charge in [0.05, 0.1) is 17.8 Å². The van der Waals surface area contributed by atoms with Crippen LogP contribution in [0.15, 0.2) is 24.5 Å². The first-order valence-electron chi connectivity index (χ1n) is 5.86. The molecule has 0 aliphatic carbocycles. The highest BCUT2D eigenvalue weighted by Crippen LogP contribution is 2.17. The number of carboxylic acids is 1. The van der Waals surface area contributed by atoms with Crippen molar-refractivity contribution in [3.63, 3.8) is 0 Å². The first-order chi connectivity index (χ1) is 9.97. The van der Waals surface area contributed by atoms with Crippen LogP contribution in [0.5, 0.6) is 0 Å². The molecule has 1 aromatic heterocycles. The van der Waals surface area contributed by atoms with Gasteiger partial charge in [0.25, 0.3) is 0 Å². The molecule has 1 heterocycles. The van der Waals surface area contributed by atoms with E-state index in [0.29, 0.717) is 5.82 Å². The average molecular weight is 293 g/mol. The number of rotatable bonds is 4. The molecular weight excluding hydrogens is 281 g/mol. The number of aromatic carboxylic acids is 1. The van der Waals surface area contributed by atoms with Crippen molar-refractivity contribution in [3.8, 4) is 0 Å². The number of hydrogen-bond acceptors (Lipinski definition) is 4. The zero-order valence-electron chi connectivity index (χ0n) is 11.0. The van der Waals surface area contributed by atoms with E-state index in [0.717, 1.165) is 12.1 Å². The summed E-state index contributed by atoms with van der Waals surface area (Å²) in [4.78, 5) is 28.1. The predicted molar refractivity (Wildman–Crippen MR) is 70.2 cm³/mol. The molecule has 0 fully saturated rings. The lowest BCUT2D eigenvalue weighted by Crippen LogP contribution is -2.31. The van der Waals surface area contributed by atoms with Crippen LogP contribution in [0.3, 0.4) is 0 Å². The van der Waals surface area contributed by atoms with Gasteiger partial charge < -0.3 is 15.3 Å². The summed E-state index contributed by atoms with van der Waals surface area (Å²) in [6, 6.07) is 2.55. The molecule has 0 aliphatic rings. The molecule has 0 aliphatic heterocycles. The number of hydrogen-bond donors (Lipinski definition) is 3. The van der Waals surface area contributed by atoms with E-state index in [9.17, 15) is 14.0 Å². The van der Waals surface area contributed by atoms with E-state index < -0.39 is 17.8 Å². The fourth-order valence-corrected chi connectivity index (χ4v) is 1.62. The zero-order chi connectivity index (χ0) is 15.4. The Bertz CT molecular complexity index is 659. The van der Waals surface area contributed by atoms with E-state index in [1.54, 1.807) is 0 Å². The van der Waals surface area contributed by atoms with Gasteiger partial charge in [0.2, 0.25) is 0 Å². The topological polar surface area (TPSA) is 111 Å². The number of halogens is 1. The van der Waals surface area contributed by atoms with E-state index in [-0.39, 0.29) is 17.8 Å². The number of urea groups is 1. The number of carbonyl (C=O) groups excluding carboxylic acids is 1. The number of benzene rings is 1. The highest BCUT2D eigenvalue weighted by atomic mass is 19.1. The molecule has 0 radical (unpaired) electrons. The number of aromatic nitrogens is 3. The van der Waals surface area contributed by atoms with Crippen molar-refractivity contribution >= 4 is 17.7 Å². The van der Waals surface area contributed by atoms with E-state index in [2.05, 4.69) is 20.5 Å². The van der Waals surface area contributed by atoms with Gasteiger partial charge in [0, 0.05) is 7.05 Å². The maximum Gasteiger partial charge on any atom is 0.337 e. The molecule has 21 heavy (non-hydrogen) atoms. The van der Waals surface area contributed by atoms with Gasteiger partial charge in [0.1, 0.15) is 18.0 Å². The van der Waals surface area contributed by atoms with Crippen molar-refractivity contribution in [3.05, 3.63) is 41.7 Å². The molecule has 0 unspecified atom stereocenters. The third-order valence-corrected chi connectivity index (χ3v) is 2.65. The van der Waals surface area contributed by atoms with Crippen molar-refractivity contribution < 1.29 is 19.1 Å².